The molecule has 1 saturated heterocycles. The van der Waals surface area contributed by atoms with Gasteiger partial charge in [-0.2, -0.15) is 5.10 Å². The van der Waals surface area contributed by atoms with E-state index >= 15 is 0 Å². The number of phenolic OH excluding ortho intramolecular Hbond substituents is 1. The number of ether oxygens (including phenoxy) is 1. The minimum absolute atomic E-state index is 0.0559. The van der Waals surface area contributed by atoms with Crippen LogP contribution in [0.15, 0.2) is 42.7 Å². The number of benzene rings is 1. The zero-order chi connectivity index (χ0) is 21.3. The molecule has 1 aromatic carbocycles. The van der Waals surface area contributed by atoms with Crippen LogP contribution in [0.25, 0.3) is 16.8 Å². The highest BCUT2D eigenvalue weighted by Crippen LogP contribution is 2.31. The van der Waals surface area contributed by atoms with E-state index in [-0.39, 0.29) is 17.9 Å². The maximum atomic E-state index is 12.5. The molecular formula is C22H27N5O3. The van der Waals surface area contributed by atoms with Gasteiger partial charge in [0.25, 0.3) is 0 Å². The molecule has 2 aromatic heterocycles. The number of phenols is 1. The van der Waals surface area contributed by atoms with Crippen molar-refractivity contribution in [1.29, 1.82) is 0 Å². The molecule has 0 saturated carbocycles. The molecule has 0 bridgehead atoms. The Morgan fingerprint density at radius 3 is 2.83 bits per heavy atom. The number of amides is 1. The largest absolute Gasteiger partial charge is 0.507 e. The molecule has 8 nitrogen and oxygen atoms in total. The lowest BCUT2D eigenvalue weighted by Gasteiger charge is -2.28. The molecule has 4 rings (SSSR count). The first-order chi connectivity index (χ1) is 14.3. The van der Waals surface area contributed by atoms with E-state index in [0.717, 1.165) is 18.4 Å². The van der Waals surface area contributed by atoms with Gasteiger partial charge in [-0.1, -0.05) is 18.2 Å². The summed E-state index contributed by atoms with van der Waals surface area (Å²) in [6.07, 6.45) is 5.13. The van der Waals surface area contributed by atoms with Crippen LogP contribution in [0.4, 0.5) is 10.6 Å². The van der Waals surface area contributed by atoms with Gasteiger partial charge in [-0.25, -0.2) is 14.3 Å². The Hall–Kier alpha value is -3.29. The molecule has 158 valence electrons. The quantitative estimate of drug-likeness (QED) is 0.679. The Morgan fingerprint density at radius 2 is 2.07 bits per heavy atom. The molecule has 30 heavy (non-hydrogen) atoms. The molecule has 8 heteroatoms. The Morgan fingerprint density at radius 1 is 1.27 bits per heavy atom. The van der Waals surface area contributed by atoms with Gasteiger partial charge in [-0.3, -0.25) is 0 Å². The summed E-state index contributed by atoms with van der Waals surface area (Å²) in [5, 5.41) is 17.9. The summed E-state index contributed by atoms with van der Waals surface area (Å²) in [6.45, 7) is 6.92. The number of nitrogens with zero attached hydrogens (tertiary/aromatic N) is 4. The first kappa shape index (κ1) is 20.0. The molecular weight excluding hydrogens is 382 g/mol. The van der Waals surface area contributed by atoms with Crippen LogP contribution in [-0.2, 0) is 4.74 Å². The van der Waals surface area contributed by atoms with Crippen LogP contribution >= 0.6 is 0 Å². The second kappa shape index (κ2) is 7.85. The van der Waals surface area contributed by atoms with Gasteiger partial charge in [0.05, 0.1) is 17.8 Å². The number of aromatic nitrogens is 3. The van der Waals surface area contributed by atoms with Gasteiger partial charge in [0, 0.05) is 24.8 Å². The number of rotatable bonds is 4. The van der Waals surface area contributed by atoms with E-state index in [1.54, 1.807) is 27.7 Å². The number of nitrogens with one attached hydrogen (secondary N) is 1. The lowest BCUT2D eigenvalue weighted by molar-refractivity contribution is 0.0235. The lowest BCUT2D eigenvalue weighted by atomic mass is 10.1. The van der Waals surface area contributed by atoms with E-state index in [9.17, 15) is 9.90 Å². The van der Waals surface area contributed by atoms with Crippen LogP contribution in [0.1, 0.15) is 33.6 Å². The van der Waals surface area contributed by atoms with Crippen molar-refractivity contribution in [2.45, 2.75) is 45.3 Å². The molecule has 3 aromatic rings. The predicted octanol–water partition coefficient (Wildman–Crippen LogP) is 3.91. The predicted molar refractivity (Wildman–Crippen MR) is 115 cm³/mol. The van der Waals surface area contributed by atoms with Gasteiger partial charge < -0.3 is 20.1 Å². The molecule has 1 aliphatic heterocycles. The molecule has 1 amide bonds. The average molecular weight is 409 g/mol. The van der Waals surface area contributed by atoms with Gasteiger partial charge in [-0.15, -0.1) is 0 Å². The fraction of sp³-hybridized carbons (Fsp3) is 0.409. The van der Waals surface area contributed by atoms with Crippen LogP contribution < -0.4 is 5.32 Å². The molecule has 2 N–H and O–H groups in total. The number of hydrogen-bond donors (Lipinski definition) is 2. The third-order valence-electron chi connectivity index (χ3n) is 5.09. The van der Waals surface area contributed by atoms with Crippen molar-refractivity contribution in [2.24, 2.45) is 0 Å². The van der Waals surface area contributed by atoms with Crippen molar-refractivity contribution in [3.05, 3.63) is 42.7 Å². The van der Waals surface area contributed by atoms with Gasteiger partial charge in [0.1, 0.15) is 17.2 Å². The summed E-state index contributed by atoms with van der Waals surface area (Å²) in [6, 6.07) is 9.04. The Balaban J connectivity index is 1.50. The maximum Gasteiger partial charge on any atom is 0.410 e. The Bertz CT molecular complexity index is 1060. The summed E-state index contributed by atoms with van der Waals surface area (Å²) in [7, 11) is 0. The highest BCUT2D eigenvalue weighted by molar-refractivity contribution is 5.81. The highest BCUT2D eigenvalue weighted by atomic mass is 16.6. The minimum Gasteiger partial charge on any atom is -0.507 e. The second-order valence-corrected chi connectivity index (χ2v) is 8.51. The summed E-state index contributed by atoms with van der Waals surface area (Å²) < 4.78 is 7.21. The number of anilines is 1. The van der Waals surface area contributed by atoms with Crippen LogP contribution in [0.5, 0.6) is 5.75 Å². The van der Waals surface area contributed by atoms with E-state index in [1.807, 2.05) is 45.2 Å². The van der Waals surface area contributed by atoms with Gasteiger partial charge in [0.15, 0.2) is 5.65 Å². The second-order valence-electron chi connectivity index (χ2n) is 8.51. The molecule has 1 unspecified atom stereocenters. The Kier molecular flexibility index (Phi) is 5.24. The minimum atomic E-state index is -0.508. The van der Waals surface area contributed by atoms with Crippen molar-refractivity contribution in [3.63, 3.8) is 0 Å². The van der Waals surface area contributed by atoms with E-state index < -0.39 is 5.60 Å². The van der Waals surface area contributed by atoms with E-state index in [0.29, 0.717) is 30.1 Å². The lowest BCUT2D eigenvalue weighted by Crippen LogP contribution is -2.42. The summed E-state index contributed by atoms with van der Waals surface area (Å²) in [5.74, 6) is 0.877. The van der Waals surface area contributed by atoms with Crippen molar-refractivity contribution in [1.82, 2.24) is 19.5 Å². The van der Waals surface area contributed by atoms with Crippen molar-refractivity contribution < 1.29 is 14.6 Å². The van der Waals surface area contributed by atoms with Crippen molar-refractivity contribution in [2.75, 3.05) is 18.4 Å². The summed E-state index contributed by atoms with van der Waals surface area (Å²) in [4.78, 5) is 19.0. The maximum absolute atomic E-state index is 12.5. The highest BCUT2D eigenvalue weighted by Gasteiger charge is 2.32. The molecule has 0 spiro atoms. The topological polar surface area (TPSA) is 92.0 Å². The smallest absolute Gasteiger partial charge is 0.410 e. The van der Waals surface area contributed by atoms with Gasteiger partial charge in [-0.05, 0) is 45.7 Å². The first-order valence-corrected chi connectivity index (χ1v) is 10.2. The summed E-state index contributed by atoms with van der Waals surface area (Å²) in [5.41, 5.74) is 1.58. The van der Waals surface area contributed by atoms with Gasteiger partial charge >= 0.3 is 6.09 Å². The number of fused-ring (bicyclic) bond motifs is 1. The summed E-state index contributed by atoms with van der Waals surface area (Å²) >= 11 is 0. The third kappa shape index (κ3) is 4.17. The van der Waals surface area contributed by atoms with E-state index in [1.165, 1.54) is 0 Å². The molecule has 0 aliphatic carbocycles. The van der Waals surface area contributed by atoms with Crippen molar-refractivity contribution >= 4 is 17.6 Å². The van der Waals surface area contributed by atoms with E-state index in [4.69, 9.17) is 4.74 Å². The molecule has 1 fully saturated rings. The SMILES string of the molecule is CC(C)(C)OC(=O)N1CCCC1CNc1ccn2ncc(-c3ccccc3O)c2n1. The van der Waals surface area contributed by atoms with Crippen LogP contribution in [-0.4, -0.2) is 55.4 Å². The Labute approximate surface area is 175 Å². The number of aromatic hydroxyl groups is 1. The number of hydrogen-bond acceptors (Lipinski definition) is 6. The number of likely N-dealkylation sites (tertiary alicyclic amines) is 1. The average Bonchev–Trinajstić information content (AvgIpc) is 3.32. The zero-order valence-electron chi connectivity index (χ0n) is 17.5. The number of carbonyl (C=O) groups is 1. The third-order valence-corrected chi connectivity index (χ3v) is 5.09. The van der Waals surface area contributed by atoms with Crippen molar-refractivity contribution in [3.8, 4) is 16.9 Å². The zero-order valence-corrected chi connectivity index (χ0v) is 17.5. The number of carbonyl (C=O) groups excluding carboxylic acids is 1. The van der Waals surface area contributed by atoms with Crippen LogP contribution in [0.2, 0.25) is 0 Å². The van der Waals surface area contributed by atoms with Gasteiger partial charge in [0.2, 0.25) is 0 Å². The molecule has 1 atom stereocenters. The van der Waals surface area contributed by atoms with E-state index in [2.05, 4.69) is 15.4 Å². The number of para-hydroxylation sites is 1. The molecule has 1 aliphatic rings. The molecule has 0 radical (unpaired) electrons. The fourth-order valence-corrected chi connectivity index (χ4v) is 3.69. The standard InChI is InChI=1S/C22H27N5O3/c1-22(2,3)30-21(29)26-11-6-7-15(26)13-23-19-10-12-27-20(25-19)17(14-24-27)16-8-4-5-9-18(16)28/h4-5,8-10,12,14-15,28H,6-7,11,13H2,1-3H3,(H,23,25). The fourth-order valence-electron chi connectivity index (χ4n) is 3.69. The first-order valence-electron chi connectivity index (χ1n) is 10.2. The van der Waals surface area contributed by atoms with Crippen LogP contribution in [0.3, 0.4) is 0 Å². The molecule has 3 heterocycles. The van der Waals surface area contributed by atoms with Crippen LogP contribution in [0, 0.1) is 0 Å². The normalized spacial score (nSPS) is 16.8. The monoisotopic (exact) mass is 409 g/mol.